The molecule has 2 aliphatic heterocycles. The molecule has 0 radical (unpaired) electrons. The molecule has 22 heavy (non-hydrogen) atoms. The van der Waals surface area contributed by atoms with Crippen molar-refractivity contribution in [3.05, 3.63) is 0 Å². The van der Waals surface area contributed by atoms with Crippen molar-refractivity contribution in [3.63, 3.8) is 0 Å². The van der Waals surface area contributed by atoms with Crippen LogP contribution in [-0.2, 0) is 9.53 Å². The van der Waals surface area contributed by atoms with Crippen LogP contribution in [0.15, 0.2) is 0 Å². The number of nitrogens with one attached hydrogen (secondary N) is 1. The standard InChI is InChI=1S/C16H32N4O2/c1-5-18-6-8-19(9-7-18)12-16(21)17-14-10-20(13(2)3)11-15(14)22-4/h13-15H,5-12H2,1-4H3,(H,17,21)/t14-,15-/m0/s1. The van der Waals surface area contributed by atoms with E-state index in [2.05, 4.69) is 40.8 Å². The summed E-state index contributed by atoms with van der Waals surface area (Å²) in [5.74, 6) is 0.127. The van der Waals surface area contributed by atoms with E-state index in [0.29, 0.717) is 12.6 Å². The van der Waals surface area contributed by atoms with E-state index < -0.39 is 0 Å². The predicted octanol–water partition coefficient (Wildman–Crippen LogP) is -0.152. The lowest BCUT2D eigenvalue weighted by Crippen LogP contribution is -2.52. The molecule has 0 aromatic rings. The van der Waals surface area contributed by atoms with Gasteiger partial charge in [0.1, 0.15) is 0 Å². The van der Waals surface area contributed by atoms with Crippen LogP contribution < -0.4 is 5.32 Å². The lowest BCUT2D eigenvalue weighted by molar-refractivity contribution is -0.124. The van der Waals surface area contributed by atoms with E-state index in [9.17, 15) is 4.79 Å². The average molecular weight is 312 g/mol. The van der Waals surface area contributed by atoms with Gasteiger partial charge in [0.15, 0.2) is 0 Å². The minimum atomic E-state index is 0.100. The molecule has 2 rings (SSSR count). The van der Waals surface area contributed by atoms with Crippen LogP contribution in [-0.4, -0.2) is 98.3 Å². The number of rotatable bonds is 6. The fourth-order valence-electron chi connectivity index (χ4n) is 3.32. The molecule has 0 aromatic heterocycles. The summed E-state index contributed by atoms with van der Waals surface area (Å²) >= 11 is 0. The zero-order valence-electron chi connectivity index (χ0n) is 14.5. The molecular formula is C16H32N4O2. The summed E-state index contributed by atoms with van der Waals surface area (Å²) in [7, 11) is 1.73. The summed E-state index contributed by atoms with van der Waals surface area (Å²) in [5.41, 5.74) is 0. The Hall–Kier alpha value is -0.690. The Morgan fingerprint density at radius 1 is 1.18 bits per heavy atom. The van der Waals surface area contributed by atoms with E-state index >= 15 is 0 Å². The third kappa shape index (κ3) is 4.65. The van der Waals surface area contributed by atoms with Crippen LogP contribution in [0.2, 0.25) is 0 Å². The number of likely N-dealkylation sites (N-methyl/N-ethyl adjacent to an activating group) is 1. The number of carbonyl (C=O) groups is 1. The molecule has 2 saturated heterocycles. The third-order valence-electron chi connectivity index (χ3n) is 4.95. The molecule has 128 valence electrons. The summed E-state index contributed by atoms with van der Waals surface area (Å²) in [6.07, 6.45) is 0.100. The fourth-order valence-corrected chi connectivity index (χ4v) is 3.32. The minimum absolute atomic E-state index is 0.100. The van der Waals surface area contributed by atoms with Crippen LogP contribution in [0.1, 0.15) is 20.8 Å². The lowest BCUT2D eigenvalue weighted by atomic mass is 10.2. The number of amides is 1. The molecule has 0 spiro atoms. The van der Waals surface area contributed by atoms with Gasteiger partial charge in [0, 0.05) is 52.4 Å². The molecule has 2 fully saturated rings. The van der Waals surface area contributed by atoms with Crippen molar-refractivity contribution in [2.45, 2.75) is 39.0 Å². The first-order valence-electron chi connectivity index (χ1n) is 8.54. The van der Waals surface area contributed by atoms with Gasteiger partial charge in [-0.1, -0.05) is 6.92 Å². The van der Waals surface area contributed by atoms with E-state index in [4.69, 9.17) is 4.74 Å². The van der Waals surface area contributed by atoms with Gasteiger partial charge in [-0.2, -0.15) is 0 Å². The number of hydrogen-bond donors (Lipinski definition) is 1. The second-order valence-corrected chi connectivity index (χ2v) is 6.71. The Kier molecular flexibility index (Phi) is 6.62. The maximum Gasteiger partial charge on any atom is 0.234 e. The molecule has 0 aromatic carbocycles. The summed E-state index contributed by atoms with van der Waals surface area (Å²) in [6, 6.07) is 0.596. The SMILES string of the molecule is CCN1CCN(CC(=O)N[C@H]2CN(C(C)C)C[C@@H]2OC)CC1. The summed E-state index contributed by atoms with van der Waals surface area (Å²) in [4.78, 5) is 19.3. The smallest absolute Gasteiger partial charge is 0.234 e. The second kappa shape index (κ2) is 8.24. The Morgan fingerprint density at radius 2 is 1.82 bits per heavy atom. The molecule has 2 heterocycles. The monoisotopic (exact) mass is 312 g/mol. The molecule has 0 saturated carbocycles. The van der Waals surface area contributed by atoms with Crippen molar-refractivity contribution in [2.24, 2.45) is 0 Å². The molecule has 1 amide bonds. The number of likely N-dealkylation sites (tertiary alicyclic amines) is 1. The highest BCUT2D eigenvalue weighted by atomic mass is 16.5. The quantitative estimate of drug-likeness (QED) is 0.739. The van der Waals surface area contributed by atoms with E-state index in [1.54, 1.807) is 7.11 Å². The Labute approximate surface area is 134 Å². The molecule has 0 bridgehead atoms. The van der Waals surface area contributed by atoms with E-state index in [0.717, 1.165) is 45.8 Å². The van der Waals surface area contributed by atoms with Crippen molar-refractivity contribution in [1.29, 1.82) is 0 Å². The highest BCUT2D eigenvalue weighted by Crippen LogP contribution is 2.15. The van der Waals surface area contributed by atoms with Gasteiger partial charge >= 0.3 is 0 Å². The molecule has 6 nitrogen and oxygen atoms in total. The number of ether oxygens (including phenoxy) is 1. The molecule has 0 aliphatic carbocycles. The van der Waals surface area contributed by atoms with Crippen LogP contribution in [0.5, 0.6) is 0 Å². The molecule has 6 heteroatoms. The summed E-state index contributed by atoms with van der Waals surface area (Å²) in [5, 5.41) is 3.18. The minimum Gasteiger partial charge on any atom is -0.378 e. The number of piperazine rings is 1. The van der Waals surface area contributed by atoms with Crippen LogP contribution in [0, 0.1) is 0 Å². The average Bonchev–Trinajstić information content (AvgIpc) is 2.91. The van der Waals surface area contributed by atoms with Gasteiger partial charge in [-0.25, -0.2) is 0 Å². The largest absolute Gasteiger partial charge is 0.378 e. The normalized spacial score (nSPS) is 28.4. The van der Waals surface area contributed by atoms with E-state index in [-0.39, 0.29) is 18.1 Å². The lowest BCUT2D eigenvalue weighted by Gasteiger charge is -2.33. The molecule has 2 atom stereocenters. The zero-order chi connectivity index (χ0) is 16.1. The van der Waals surface area contributed by atoms with Gasteiger partial charge in [0.2, 0.25) is 5.91 Å². The summed E-state index contributed by atoms with van der Waals surface area (Å²) in [6.45, 7) is 14.0. The van der Waals surface area contributed by atoms with Crippen LogP contribution in [0.3, 0.4) is 0 Å². The first kappa shape index (κ1) is 17.7. The van der Waals surface area contributed by atoms with Gasteiger partial charge in [0.05, 0.1) is 18.7 Å². The first-order valence-corrected chi connectivity index (χ1v) is 8.54. The topological polar surface area (TPSA) is 48.0 Å². The van der Waals surface area contributed by atoms with Crippen LogP contribution >= 0.6 is 0 Å². The first-order chi connectivity index (χ1) is 10.5. The van der Waals surface area contributed by atoms with Crippen molar-refractivity contribution in [2.75, 3.05) is 59.5 Å². The number of nitrogens with zero attached hydrogens (tertiary/aromatic N) is 3. The maximum atomic E-state index is 12.3. The molecule has 0 unspecified atom stereocenters. The van der Waals surface area contributed by atoms with Crippen molar-refractivity contribution >= 4 is 5.91 Å². The van der Waals surface area contributed by atoms with E-state index in [1.807, 2.05) is 0 Å². The second-order valence-electron chi connectivity index (χ2n) is 6.71. The van der Waals surface area contributed by atoms with Gasteiger partial charge < -0.3 is 15.0 Å². The highest BCUT2D eigenvalue weighted by Gasteiger charge is 2.35. The van der Waals surface area contributed by atoms with Crippen LogP contribution in [0.4, 0.5) is 0 Å². The van der Waals surface area contributed by atoms with Gasteiger partial charge in [-0.15, -0.1) is 0 Å². The number of methoxy groups -OCH3 is 1. The fraction of sp³-hybridized carbons (Fsp3) is 0.938. The van der Waals surface area contributed by atoms with Gasteiger partial charge in [-0.05, 0) is 20.4 Å². The maximum absolute atomic E-state index is 12.3. The number of hydrogen-bond acceptors (Lipinski definition) is 5. The van der Waals surface area contributed by atoms with Crippen LogP contribution in [0.25, 0.3) is 0 Å². The molecule has 1 N–H and O–H groups in total. The van der Waals surface area contributed by atoms with Crippen molar-refractivity contribution < 1.29 is 9.53 Å². The van der Waals surface area contributed by atoms with E-state index in [1.165, 1.54) is 0 Å². The van der Waals surface area contributed by atoms with Gasteiger partial charge in [-0.3, -0.25) is 14.6 Å². The Bertz CT molecular complexity index is 356. The highest BCUT2D eigenvalue weighted by molar-refractivity contribution is 5.78. The van der Waals surface area contributed by atoms with Crippen molar-refractivity contribution in [1.82, 2.24) is 20.0 Å². The zero-order valence-corrected chi connectivity index (χ0v) is 14.5. The summed E-state index contributed by atoms with van der Waals surface area (Å²) < 4.78 is 5.55. The molecular weight excluding hydrogens is 280 g/mol. The predicted molar refractivity (Wildman–Crippen MR) is 88.0 cm³/mol. The Morgan fingerprint density at radius 3 is 2.36 bits per heavy atom. The van der Waals surface area contributed by atoms with Gasteiger partial charge in [0.25, 0.3) is 0 Å². The molecule has 2 aliphatic rings. The number of carbonyl (C=O) groups excluding carboxylic acids is 1. The van der Waals surface area contributed by atoms with Crippen molar-refractivity contribution in [3.8, 4) is 0 Å². The Balaban J connectivity index is 1.77. The third-order valence-corrected chi connectivity index (χ3v) is 4.95.